The monoisotopic (exact) mass is 561 g/mol. The molecule has 0 heterocycles. The number of amides is 3. The molecule has 0 aliphatic rings. The van der Waals surface area contributed by atoms with Crippen molar-refractivity contribution < 1.29 is 43.3 Å². The highest BCUT2D eigenvalue weighted by molar-refractivity contribution is 5.99. The van der Waals surface area contributed by atoms with Crippen molar-refractivity contribution in [2.24, 2.45) is 0 Å². The van der Waals surface area contributed by atoms with E-state index in [1.807, 2.05) is 5.43 Å². The maximum atomic E-state index is 13.1. The first-order valence-corrected chi connectivity index (χ1v) is 12.2. The van der Waals surface area contributed by atoms with Crippen LogP contribution in [-0.2, 0) is 23.9 Å². The molecule has 0 spiro atoms. The summed E-state index contributed by atoms with van der Waals surface area (Å²) >= 11 is 0. The van der Waals surface area contributed by atoms with Crippen molar-refractivity contribution in [3.8, 4) is 0 Å². The van der Waals surface area contributed by atoms with Crippen LogP contribution in [0.15, 0.2) is 72.8 Å². The second-order valence-corrected chi connectivity index (χ2v) is 8.93. The second kappa shape index (κ2) is 13.5. The topological polar surface area (TPSA) is 177 Å². The molecule has 3 amide bonds. The van der Waals surface area contributed by atoms with E-state index in [2.05, 4.69) is 10.7 Å². The molecule has 41 heavy (non-hydrogen) atoms. The predicted octanol–water partition coefficient (Wildman–Crippen LogP) is 2.56. The maximum Gasteiger partial charge on any atom is 0.349 e. The van der Waals surface area contributed by atoms with E-state index in [0.717, 1.165) is 0 Å². The largest absolute Gasteiger partial charge is 0.478 e. The average molecular weight is 562 g/mol. The first-order valence-electron chi connectivity index (χ1n) is 12.2. The van der Waals surface area contributed by atoms with Crippen molar-refractivity contribution in [1.82, 2.24) is 10.9 Å². The van der Waals surface area contributed by atoms with Gasteiger partial charge in [-0.25, -0.2) is 14.4 Å². The Balaban J connectivity index is 1.82. The molecule has 0 radical (unpaired) electrons. The van der Waals surface area contributed by atoms with Crippen molar-refractivity contribution in [2.75, 3.05) is 5.32 Å². The Bertz CT molecular complexity index is 1480. The Morgan fingerprint density at radius 3 is 1.66 bits per heavy atom. The zero-order chi connectivity index (χ0) is 30.1. The first kappa shape index (κ1) is 30.0. The third-order valence-corrected chi connectivity index (χ3v) is 5.52. The van der Waals surface area contributed by atoms with Gasteiger partial charge < -0.3 is 19.9 Å². The van der Waals surface area contributed by atoms with E-state index in [9.17, 15) is 33.9 Å². The second-order valence-electron chi connectivity index (χ2n) is 8.93. The molecule has 2 atom stereocenters. The Labute approximate surface area is 234 Å². The summed E-state index contributed by atoms with van der Waals surface area (Å²) in [6, 6.07) is 17.9. The summed E-state index contributed by atoms with van der Waals surface area (Å²) in [5.74, 6) is -6.31. The van der Waals surface area contributed by atoms with Gasteiger partial charge in [0.1, 0.15) is 0 Å². The Kier molecular flexibility index (Phi) is 9.90. The van der Waals surface area contributed by atoms with Gasteiger partial charge in [-0.3, -0.25) is 25.2 Å². The van der Waals surface area contributed by atoms with Crippen LogP contribution in [0.25, 0.3) is 0 Å². The molecule has 3 aromatic carbocycles. The Hall–Kier alpha value is -5.52. The van der Waals surface area contributed by atoms with Gasteiger partial charge in [0.2, 0.25) is 18.1 Å². The van der Waals surface area contributed by atoms with Crippen LogP contribution in [0.1, 0.15) is 49.1 Å². The van der Waals surface area contributed by atoms with Crippen molar-refractivity contribution in [3.63, 3.8) is 0 Å². The number of hydrazine groups is 1. The molecule has 0 aliphatic heterocycles. The molecule has 212 valence electrons. The number of rotatable bonds is 9. The summed E-state index contributed by atoms with van der Waals surface area (Å²) in [7, 11) is 0. The normalized spacial score (nSPS) is 11.8. The van der Waals surface area contributed by atoms with Crippen LogP contribution in [0, 0.1) is 13.8 Å². The number of carboxylic acids is 1. The minimum absolute atomic E-state index is 0.0106. The summed E-state index contributed by atoms with van der Waals surface area (Å²) < 4.78 is 10.3. The van der Waals surface area contributed by atoms with Crippen LogP contribution < -0.4 is 16.2 Å². The number of hydrogen-bond acceptors (Lipinski definition) is 8. The number of carbonyl (C=O) groups excluding carboxylic acids is 5. The summed E-state index contributed by atoms with van der Waals surface area (Å²) in [5, 5.41) is 12.4. The van der Waals surface area contributed by atoms with Gasteiger partial charge in [-0.2, -0.15) is 0 Å². The number of aryl methyl sites for hydroxylation is 2. The van der Waals surface area contributed by atoms with E-state index >= 15 is 0 Å². The summed E-state index contributed by atoms with van der Waals surface area (Å²) in [4.78, 5) is 74.6. The molecule has 3 rings (SSSR count). The minimum atomic E-state index is -2.27. The molecule has 0 fully saturated rings. The van der Waals surface area contributed by atoms with Crippen molar-refractivity contribution >= 4 is 41.3 Å². The van der Waals surface area contributed by atoms with Gasteiger partial charge in [0, 0.05) is 18.2 Å². The number of nitrogens with one attached hydrogen (secondary N) is 3. The third-order valence-electron chi connectivity index (χ3n) is 5.52. The lowest BCUT2D eigenvalue weighted by Gasteiger charge is -2.23. The maximum absolute atomic E-state index is 13.1. The molecule has 0 saturated carbocycles. The van der Waals surface area contributed by atoms with Crippen molar-refractivity contribution in [1.29, 1.82) is 0 Å². The fourth-order valence-corrected chi connectivity index (χ4v) is 3.58. The van der Waals surface area contributed by atoms with Crippen molar-refractivity contribution in [3.05, 3.63) is 101 Å². The summed E-state index contributed by atoms with van der Waals surface area (Å²) in [6.45, 7) is 4.74. The molecule has 4 N–H and O–H groups in total. The quantitative estimate of drug-likeness (QED) is 0.226. The Morgan fingerprint density at radius 2 is 1.20 bits per heavy atom. The molecule has 0 saturated heterocycles. The molecule has 0 aliphatic carbocycles. The van der Waals surface area contributed by atoms with Gasteiger partial charge in [-0.05, 0) is 62.4 Å². The van der Waals surface area contributed by atoms with Gasteiger partial charge in [-0.1, -0.05) is 35.4 Å². The first-order chi connectivity index (χ1) is 19.4. The van der Waals surface area contributed by atoms with Crippen LogP contribution in [0.2, 0.25) is 0 Å². The number of benzene rings is 3. The van der Waals surface area contributed by atoms with E-state index in [-0.39, 0.29) is 22.6 Å². The smallest absolute Gasteiger partial charge is 0.349 e. The van der Waals surface area contributed by atoms with Crippen LogP contribution >= 0.6 is 0 Å². The van der Waals surface area contributed by atoms with Crippen molar-refractivity contribution in [2.45, 2.75) is 33.0 Å². The summed E-state index contributed by atoms with van der Waals surface area (Å²) in [6.07, 6.45) is -4.47. The van der Waals surface area contributed by atoms with Crippen LogP contribution in [0.3, 0.4) is 0 Å². The molecule has 3 aromatic rings. The number of ether oxygens (including phenoxy) is 2. The molecule has 0 bridgehead atoms. The molecule has 0 aromatic heterocycles. The number of hydrogen-bond donors (Lipinski definition) is 4. The third kappa shape index (κ3) is 8.48. The fraction of sp³-hybridized carbons (Fsp3) is 0.172. The number of carboxylic acid groups (broad SMARTS) is 1. The van der Waals surface area contributed by atoms with Crippen LogP contribution in [0.5, 0.6) is 0 Å². The van der Waals surface area contributed by atoms with E-state index in [1.165, 1.54) is 55.5 Å². The van der Waals surface area contributed by atoms with E-state index in [0.29, 0.717) is 16.8 Å². The predicted molar refractivity (Wildman–Crippen MR) is 145 cm³/mol. The Morgan fingerprint density at radius 1 is 0.683 bits per heavy atom. The highest BCUT2D eigenvalue weighted by Crippen LogP contribution is 2.15. The van der Waals surface area contributed by atoms with Crippen LogP contribution in [-0.4, -0.2) is 52.9 Å². The molecule has 12 nitrogen and oxygen atoms in total. The van der Waals surface area contributed by atoms with E-state index < -0.39 is 41.9 Å². The minimum Gasteiger partial charge on any atom is -0.478 e. The zero-order valence-electron chi connectivity index (χ0n) is 22.3. The van der Waals surface area contributed by atoms with Crippen LogP contribution in [0.4, 0.5) is 5.69 Å². The number of aliphatic carboxylic acids is 1. The van der Waals surface area contributed by atoms with Gasteiger partial charge in [0.15, 0.2) is 0 Å². The van der Waals surface area contributed by atoms with Gasteiger partial charge in [-0.15, -0.1) is 0 Å². The van der Waals surface area contributed by atoms with E-state index in [1.54, 1.807) is 38.1 Å². The highest BCUT2D eigenvalue weighted by atomic mass is 16.6. The fourth-order valence-electron chi connectivity index (χ4n) is 3.58. The van der Waals surface area contributed by atoms with E-state index in [4.69, 9.17) is 9.47 Å². The number of anilines is 1. The SMILES string of the molecule is CC(=O)Nc1ccc(C(=O)NNC(=O)[C@@H](OC(=O)c2cccc(C)c2)[C@@H](OC(=O)c2cccc(C)c2)C(=O)O)cc1. The molecular weight excluding hydrogens is 534 g/mol. The standard InChI is InChI=1S/C29H27N3O9/c1-16-6-4-8-20(14-16)28(38)40-23(24(27(36)37)41-29(39)21-9-5-7-17(2)15-21)26(35)32-31-25(34)19-10-12-22(13-11-19)30-18(3)33/h4-15,23-24H,1-3H3,(H,30,33)(H,31,34)(H,32,35)(H,36,37)/t23-,24+/m0/s1. The van der Waals surface area contributed by atoms with Gasteiger partial charge in [0.05, 0.1) is 11.1 Å². The lowest BCUT2D eigenvalue weighted by Crippen LogP contribution is -2.54. The van der Waals surface area contributed by atoms with Gasteiger partial charge >= 0.3 is 17.9 Å². The molecule has 0 unspecified atom stereocenters. The molecular formula is C29H27N3O9. The molecule has 12 heteroatoms. The summed E-state index contributed by atoms with van der Waals surface area (Å²) in [5.41, 5.74) is 6.03. The highest BCUT2D eigenvalue weighted by Gasteiger charge is 2.41. The average Bonchev–Trinajstić information content (AvgIpc) is 2.93. The number of carbonyl (C=O) groups is 6. The lowest BCUT2D eigenvalue weighted by molar-refractivity contribution is -0.159. The van der Waals surface area contributed by atoms with Gasteiger partial charge in [0.25, 0.3) is 11.8 Å². The lowest BCUT2D eigenvalue weighted by atomic mass is 10.1. The number of esters is 2. The zero-order valence-corrected chi connectivity index (χ0v) is 22.3.